The quantitative estimate of drug-likeness (QED) is 0.183. The van der Waals surface area contributed by atoms with Crippen LogP contribution in [0, 0.1) is 0 Å². The third-order valence-electron chi connectivity index (χ3n) is 11.9. The molecular weight excluding hydrogens is 685 g/mol. The molecule has 4 nitrogen and oxygen atoms in total. The van der Waals surface area contributed by atoms with Crippen LogP contribution in [-0.2, 0) is 0 Å². The fourth-order valence-corrected chi connectivity index (χ4v) is 9.35. The van der Waals surface area contributed by atoms with E-state index in [4.69, 9.17) is 8.83 Å². The van der Waals surface area contributed by atoms with Gasteiger partial charge in [0.15, 0.2) is 0 Å². The van der Waals surface area contributed by atoms with Gasteiger partial charge in [0.25, 0.3) is 0 Å². The Hall–Kier alpha value is -7.56. The number of benzene rings is 9. The van der Waals surface area contributed by atoms with Crippen LogP contribution in [0.4, 0.5) is 0 Å². The summed E-state index contributed by atoms with van der Waals surface area (Å²) >= 11 is 0. The highest BCUT2D eigenvalue weighted by Crippen LogP contribution is 2.43. The molecule has 4 aromatic heterocycles. The van der Waals surface area contributed by atoms with Crippen LogP contribution in [0.3, 0.4) is 0 Å². The topological polar surface area (TPSA) is 36.1 Å². The molecule has 0 atom stereocenters. The van der Waals surface area contributed by atoms with Crippen molar-refractivity contribution in [3.05, 3.63) is 182 Å². The van der Waals surface area contributed by atoms with Gasteiger partial charge in [-0.05, 0) is 83.2 Å². The summed E-state index contributed by atoms with van der Waals surface area (Å²) in [5.74, 6) is 0. The molecule has 0 N–H and O–H groups in total. The van der Waals surface area contributed by atoms with Gasteiger partial charge in [-0.2, -0.15) is 0 Å². The van der Waals surface area contributed by atoms with E-state index in [0.717, 1.165) is 77.3 Å². The first-order valence-corrected chi connectivity index (χ1v) is 19.1. The number of aromatic nitrogens is 2. The molecule has 0 fully saturated rings. The average Bonchev–Trinajstić information content (AvgIpc) is 3.99. The summed E-state index contributed by atoms with van der Waals surface area (Å²) in [6.07, 6.45) is 0. The van der Waals surface area contributed by atoms with E-state index in [0.29, 0.717) is 0 Å². The summed E-state index contributed by atoms with van der Waals surface area (Å²) in [6, 6.07) is 65.5. The van der Waals surface area contributed by atoms with Crippen molar-refractivity contribution < 1.29 is 8.83 Å². The van der Waals surface area contributed by atoms with Crippen molar-refractivity contribution >= 4 is 98.3 Å². The predicted octanol–water partition coefficient (Wildman–Crippen LogP) is 14.5. The van der Waals surface area contributed by atoms with Crippen LogP contribution in [0.15, 0.2) is 191 Å². The minimum Gasteiger partial charge on any atom is -0.456 e. The van der Waals surface area contributed by atoms with E-state index in [-0.39, 0.29) is 0 Å². The Labute approximate surface area is 319 Å². The Balaban J connectivity index is 1.09. The van der Waals surface area contributed by atoms with Gasteiger partial charge in [-0.3, -0.25) is 0 Å². The molecule has 56 heavy (non-hydrogen) atoms. The van der Waals surface area contributed by atoms with Crippen molar-refractivity contribution in [3.63, 3.8) is 0 Å². The number of rotatable bonds is 3. The number of hydrogen-bond donors (Lipinski definition) is 0. The van der Waals surface area contributed by atoms with Gasteiger partial charge < -0.3 is 18.0 Å². The molecule has 0 unspecified atom stereocenters. The van der Waals surface area contributed by atoms with Crippen LogP contribution >= 0.6 is 0 Å². The molecule has 13 rings (SSSR count). The number of para-hydroxylation sites is 3. The lowest BCUT2D eigenvalue weighted by Gasteiger charge is -2.12. The second kappa shape index (κ2) is 11.0. The molecule has 0 aliphatic heterocycles. The highest BCUT2D eigenvalue weighted by molar-refractivity contribution is 6.20. The van der Waals surface area contributed by atoms with Crippen molar-refractivity contribution in [2.45, 2.75) is 0 Å². The molecule has 0 spiro atoms. The summed E-state index contributed by atoms with van der Waals surface area (Å²) in [7, 11) is 0. The normalized spacial score (nSPS) is 12.3. The Morgan fingerprint density at radius 3 is 1.43 bits per heavy atom. The van der Waals surface area contributed by atoms with Crippen LogP contribution in [0.1, 0.15) is 0 Å². The van der Waals surface area contributed by atoms with Crippen LogP contribution in [0.2, 0.25) is 0 Å². The van der Waals surface area contributed by atoms with Gasteiger partial charge in [-0.1, -0.05) is 103 Å². The number of fused-ring (bicyclic) bond motifs is 13. The maximum absolute atomic E-state index is 6.46. The van der Waals surface area contributed by atoms with Gasteiger partial charge in [0.1, 0.15) is 22.3 Å². The molecule has 260 valence electrons. The Morgan fingerprint density at radius 2 is 0.786 bits per heavy atom. The first kappa shape index (κ1) is 29.8. The smallest absolute Gasteiger partial charge is 0.137 e. The summed E-state index contributed by atoms with van der Waals surface area (Å²) in [4.78, 5) is 0. The largest absolute Gasteiger partial charge is 0.456 e. The molecule has 0 saturated heterocycles. The van der Waals surface area contributed by atoms with E-state index < -0.39 is 0 Å². The summed E-state index contributed by atoms with van der Waals surface area (Å²) in [5.41, 5.74) is 12.8. The molecular formula is C52H30N2O2. The molecule has 9 aromatic carbocycles. The third kappa shape index (κ3) is 4.07. The maximum Gasteiger partial charge on any atom is 0.137 e. The Kier molecular flexibility index (Phi) is 5.86. The summed E-state index contributed by atoms with van der Waals surface area (Å²) in [6.45, 7) is 0. The van der Waals surface area contributed by atoms with Gasteiger partial charge in [0, 0.05) is 66.3 Å². The van der Waals surface area contributed by atoms with Crippen molar-refractivity contribution in [2.24, 2.45) is 0 Å². The SMILES string of the molecule is c1ccc(-n2c3ccc(-c4ccc5c(c4)c4cc6c(cc4n5-c4cccc5ccccc45)oc4ccccc46)cc3c3cc4c(cc32)oc2ccccc24)cc1. The van der Waals surface area contributed by atoms with E-state index in [9.17, 15) is 0 Å². The summed E-state index contributed by atoms with van der Waals surface area (Å²) in [5, 5.41) is 11.8. The van der Waals surface area contributed by atoms with E-state index in [1.165, 1.54) is 43.4 Å². The Bertz CT molecular complexity index is 3760. The zero-order valence-corrected chi connectivity index (χ0v) is 30.0. The highest BCUT2D eigenvalue weighted by atomic mass is 16.3. The first-order chi connectivity index (χ1) is 27.7. The van der Waals surface area contributed by atoms with Crippen molar-refractivity contribution in [1.82, 2.24) is 9.13 Å². The minimum absolute atomic E-state index is 0.892. The second-order valence-corrected chi connectivity index (χ2v) is 14.9. The fourth-order valence-electron chi connectivity index (χ4n) is 9.35. The average molecular weight is 715 g/mol. The van der Waals surface area contributed by atoms with E-state index in [1.807, 2.05) is 12.1 Å². The number of furan rings is 2. The van der Waals surface area contributed by atoms with Crippen molar-refractivity contribution in [2.75, 3.05) is 0 Å². The van der Waals surface area contributed by atoms with E-state index in [2.05, 4.69) is 179 Å². The van der Waals surface area contributed by atoms with Gasteiger partial charge in [-0.15, -0.1) is 0 Å². The second-order valence-electron chi connectivity index (χ2n) is 14.9. The van der Waals surface area contributed by atoms with Crippen LogP contribution in [0.25, 0.3) is 121 Å². The molecule has 0 bridgehead atoms. The van der Waals surface area contributed by atoms with Crippen LogP contribution in [-0.4, -0.2) is 9.13 Å². The molecule has 4 heterocycles. The highest BCUT2D eigenvalue weighted by Gasteiger charge is 2.20. The molecule has 0 saturated carbocycles. The minimum atomic E-state index is 0.892. The van der Waals surface area contributed by atoms with E-state index in [1.54, 1.807) is 0 Å². The van der Waals surface area contributed by atoms with Crippen molar-refractivity contribution in [3.8, 4) is 22.5 Å². The van der Waals surface area contributed by atoms with Gasteiger partial charge in [-0.25, -0.2) is 0 Å². The lowest BCUT2D eigenvalue weighted by atomic mass is 10.00. The van der Waals surface area contributed by atoms with Crippen molar-refractivity contribution in [1.29, 1.82) is 0 Å². The van der Waals surface area contributed by atoms with Crippen LogP contribution < -0.4 is 0 Å². The molecule has 0 amide bonds. The van der Waals surface area contributed by atoms with Gasteiger partial charge in [0.05, 0.1) is 27.8 Å². The molecule has 4 heteroatoms. The zero-order chi connectivity index (χ0) is 36.5. The first-order valence-electron chi connectivity index (χ1n) is 19.1. The standard InChI is InChI=1S/C52H30N2O2/c1-2-13-34(14-3-1)53-45-23-21-32(25-38(45)40-27-42-36-16-6-8-19-49(36)55-51(42)29-47(40)53)33-22-24-46-39(26-33)41-28-43-37-17-7-9-20-50(37)56-52(43)30-48(41)54(46)44-18-10-12-31-11-4-5-15-35(31)44/h1-30H. The van der Waals surface area contributed by atoms with Gasteiger partial charge in [0.2, 0.25) is 0 Å². The third-order valence-corrected chi connectivity index (χ3v) is 11.9. The fraction of sp³-hybridized carbons (Fsp3) is 0. The Morgan fingerprint density at radius 1 is 0.286 bits per heavy atom. The lowest BCUT2D eigenvalue weighted by Crippen LogP contribution is -1.95. The number of hydrogen-bond acceptors (Lipinski definition) is 2. The lowest BCUT2D eigenvalue weighted by molar-refractivity contribution is 0.669. The molecule has 0 aliphatic rings. The zero-order valence-electron chi connectivity index (χ0n) is 30.0. The monoisotopic (exact) mass is 714 g/mol. The molecule has 13 aromatic rings. The predicted molar refractivity (Wildman–Crippen MR) is 233 cm³/mol. The number of nitrogens with zero attached hydrogens (tertiary/aromatic N) is 2. The summed E-state index contributed by atoms with van der Waals surface area (Å²) < 4.78 is 17.6. The maximum atomic E-state index is 6.46. The van der Waals surface area contributed by atoms with Gasteiger partial charge >= 0.3 is 0 Å². The van der Waals surface area contributed by atoms with E-state index >= 15 is 0 Å². The molecule has 0 aliphatic carbocycles. The molecule has 0 radical (unpaired) electrons. The van der Waals surface area contributed by atoms with Crippen LogP contribution in [0.5, 0.6) is 0 Å².